The molecular weight excluding hydrogens is 512 g/mol. The van der Waals surface area contributed by atoms with E-state index in [2.05, 4.69) is 25.1 Å². The van der Waals surface area contributed by atoms with Gasteiger partial charge in [-0.1, -0.05) is 31.9 Å². The Labute approximate surface area is 228 Å². The highest BCUT2D eigenvalue weighted by molar-refractivity contribution is 8.00. The number of fused-ring (bicyclic) bond motifs is 3. The molecule has 212 valence electrons. The highest BCUT2D eigenvalue weighted by Gasteiger charge is 2.52. The van der Waals surface area contributed by atoms with Crippen LogP contribution in [0.4, 0.5) is 4.79 Å². The maximum absolute atomic E-state index is 13.7. The SMILES string of the molecule is C#C[C@@H]1C/C=C\C[C@@H](NC(=O)[C@@H]2[C@@H]3OCC[C@@H](CC(C)C)C[C@H]3CN2C(=O)O)[C@H]2O[C@H](S1)[C@H](O)[C@@H](O)[C@H]2O. The lowest BCUT2D eigenvalue weighted by Crippen LogP contribution is -2.64. The Kier molecular flexibility index (Phi) is 9.66. The largest absolute Gasteiger partial charge is 0.465 e. The lowest BCUT2D eigenvalue weighted by atomic mass is 9.85. The van der Waals surface area contributed by atoms with Crippen molar-refractivity contribution in [2.45, 2.75) is 99.2 Å². The second-order valence-electron chi connectivity index (χ2n) is 11.3. The van der Waals surface area contributed by atoms with Crippen molar-refractivity contribution in [2.24, 2.45) is 17.8 Å². The Morgan fingerprint density at radius 3 is 2.58 bits per heavy atom. The predicted molar refractivity (Wildman–Crippen MR) is 141 cm³/mol. The maximum Gasteiger partial charge on any atom is 0.408 e. The number of rotatable bonds is 4. The first-order valence-electron chi connectivity index (χ1n) is 13.5. The number of terminal acetylenes is 1. The van der Waals surface area contributed by atoms with E-state index in [1.54, 1.807) is 0 Å². The molecule has 4 aliphatic heterocycles. The Balaban J connectivity index is 1.55. The molecule has 4 heterocycles. The molecule has 38 heavy (non-hydrogen) atoms. The molecule has 4 aliphatic rings. The molecule has 0 saturated carbocycles. The van der Waals surface area contributed by atoms with Gasteiger partial charge >= 0.3 is 6.09 Å². The summed E-state index contributed by atoms with van der Waals surface area (Å²) in [4.78, 5) is 27.1. The van der Waals surface area contributed by atoms with Crippen LogP contribution in [0.25, 0.3) is 0 Å². The highest BCUT2D eigenvalue weighted by Crippen LogP contribution is 2.38. The Bertz CT molecular complexity index is 925. The topological polar surface area (TPSA) is 149 Å². The summed E-state index contributed by atoms with van der Waals surface area (Å²) in [6, 6.07) is -1.82. The molecule has 2 bridgehead atoms. The predicted octanol–water partition coefficient (Wildman–Crippen LogP) is 1.18. The Morgan fingerprint density at radius 1 is 1.16 bits per heavy atom. The smallest absolute Gasteiger partial charge is 0.408 e. The van der Waals surface area contributed by atoms with Crippen LogP contribution in [-0.2, 0) is 14.3 Å². The average molecular weight is 553 g/mol. The fraction of sp³-hybridized carbons (Fsp3) is 0.778. The molecular formula is C27H40N2O8S. The lowest BCUT2D eigenvalue weighted by molar-refractivity contribution is -0.205. The Hall–Kier alpha value is -1.81. The fourth-order valence-electron chi connectivity index (χ4n) is 6.28. The van der Waals surface area contributed by atoms with Crippen molar-refractivity contribution in [1.82, 2.24) is 10.2 Å². The molecule has 11 heteroatoms. The third-order valence-corrected chi connectivity index (χ3v) is 9.37. The van der Waals surface area contributed by atoms with E-state index in [1.165, 1.54) is 11.8 Å². The number of aliphatic hydroxyl groups excluding tert-OH is 3. The van der Waals surface area contributed by atoms with Gasteiger partial charge in [-0.05, 0) is 43.9 Å². The second-order valence-corrected chi connectivity index (χ2v) is 12.6. The summed E-state index contributed by atoms with van der Waals surface area (Å²) in [5, 5.41) is 44.4. The van der Waals surface area contributed by atoms with Gasteiger partial charge in [0.05, 0.1) is 17.4 Å². The molecule has 3 fully saturated rings. The molecule has 5 N–H and O–H groups in total. The number of hydrogen-bond acceptors (Lipinski definition) is 8. The normalized spacial score (nSPS) is 42.4. The summed E-state index contributed by atoms with van der Waals surface area (Å²) in [5.74, 6) is 2.95. The summed E-state index contributed by atoms with van der Waals surface area (Å²) in [6.45, 7) is 5.01. The maximum atomic E-state index is 13.7. The third kappa shape index (κ3) is 6.32. The number of carbonyl (C=O) groups is 2. The number of thioether (sulfide) groups is 1. The van der Waals surface area contributed by atoms with Gasteiger partial charge in [0.2, 0.25) is 5.91 Å². The van der Waals surface area contributed by atoms with Gasteiger partial charge in [0.15, 0.2) is 0 Å². The van der Waals surface area contributed by atoms with Crippen LogP contribution in [0.1, 0.15) is 46.0 Å². The van der Waals surface area contributed by atoms with E-state index < -0.39 is 60.0 Å². The molecule has 0 aromatic heterocycles. The van der Waals surface area contributed by atoms with Crippen molar-refractivity contribution in [3.05, 3.63) is 12.2 Å². The van der Waals surface area contributed by atoms with Gasteiger partial charge in [-0.25, -0.2) is 4.79 Å². The number of ether oxygens (including phenoxy) is 2. The molecule has 0 aromatic carbocycles. The van der Waals surface area contributed by atoms with Gasteiger partial charge in [0, 0.05) is 19.1 Å². The van der Waals surface area contributed by atoms with Crippen molar-refractivity contribution in [3.63, 3.8) is 0 Å². The molecule has 0 aromatic rings. The number of nitrogens with one attached hydrogen (secondary N) is 1. The zero-order valence-electron chi connectivity index (χ0n) is 21.9. The van der Waals surface area contributed by atoms with Crippen LogP contribution in [0.5, 0.6) is 0 Å². The summed E-state index contributed by atoms with van der Waals surface area (Å²) in [7, 11) is 0. The van der Waals surface area contributed by atoms with Crippen LogP contribution in [0.3, 0.4) is 0 Å². The molecule has 10 nitrogen and oxygen atoms in total. The van der Waals surface area contributed by atoms with Crippen molar-refractivity contribution < 1.29 is 39.5 Å². The van der Waals surface area contributed by atoms with E-state index in [-0.39, 0.29) is 24.1 Å². The van der Waals surface area contributed by atoms with E-state index in [0.717, 1.165) is 24.2 Å². The zero-order valence-corrected chi connectivity index (χ0v) is 22.7. The Morgan fingerprint density at radius 2 is 1.89 bits per heavy atom. The van der Waals surface area contributed by atoms with Crippen LogP contribution < -0.4 is 5.32 Å². The molecule has 11 atom stereocenters. The second kappa shape index (κ2) is 12.6. The monoisotopic (exact) mass is 552 g/mol. The van der Waals surface area contributed by atoms with Crippen LogP contribution >= 0.6 is 11.8 Å². The van der Waals surface area contributed by atoms with Crippen molar-refractivity contribution >= 4 is 23.8 Å². The van der Waals surface area contributed by atoms with Gasteiger partial charge < -0.3 is 35.2 Å². The van der Waals surface area contributed by atoms with Crippen molar-refractivity contribution in [2.75, 3.05) is 13.2 Å². The number of aliphatic hydroxyl groups is 3. The first-order valence-corrected chi connectivity index (χ1v) is 14.4. The third-order valence-electron chi connectivity index (χ3n) is 8.06. The first kappa shape index (κ1) is 29.2. The number of amides is 2. The van der Waals surface area contributed by atoms with E-state index >= 15 is 0 Å². The molecule has 0 radical (unpaired) electrons. The molecule has 4 rings (SSSR count). The van der Waals surface area contributed by atoms with Gasteiger partial charge in [-0.15, -0.1) is 18.2 Å². The van der Waals surface area contributed by atoms with Crippen molar-refractivity contribution in [1.29, 1.82) is 0 Å². The van der Waals surface area contributed by atoms with Crippen LogP contribution in [-0.4, -0.2) is 104 Å². The molecule has 0 aliphatic carbocycles. The van der Waals surface area contributed by atoms with Gasteiger partial charge in [-0.2, -0.15) is 0 Å². The average Bonchev–Trinajstić information content (AvgIpc) is 3.12. The van der Waals surface area contributed by atoms with Crippen LogP contribution in [0, 0.1) is 30.1 Å². The fourth-order valence-corrected chi connectivity index (χ4v) is 7.41. The van der Waals surface area contributed by atoms with Gasteiger partial charge in [0.1, 0.15) is 35.9 Å². The quantitative estimate of drug-likeness (QED) is 0.256. The number of allylic oxidation sites excluding steroid dienone is 1. The summed E-state index contributed by atoms with van der Waals surface area (Å²) >= 11 is 1.18. The van der Waals surface area contributed by atoms with Gasteiger partial charge in [-0.3, -0.25) is 9.69 Å². The summed E-state index contributed by atoms with van der Waals surface area (Å²) < 4.78 is 12.1. The van der Waals surface area contributed by atoms with E-state index in [1.807, 2.05) is 12.2 Å². The number of carboxylic acid groups (broad SMARTS) is 1. The standard InChI is InChI=1S/C27H40N2O8S/c1-4-17-7-5-6-8-18(24-21(31)20(30)22(32)26(37-24)38-17)28-25(33)19-23-16(13-29(19)27(34)35)12-15(9-10-36-23)11-14(2)3/h1,5-6,14-24,26,30-32H,7-13H2,2-3H3,(H,28,33)(H,34,35)/b6-5-/t15-,16-,17+,18+,19-,20-,21+,22+,23+,24+,26+/m0/s1. The highest BCUT2D eigenvalue weighted by atomic mass is 32.2. The minimum Gasteiger partial charge on any atom is -0.465 e. The van der Waals surface area contributed by atoms with Crippen LogP contribution in [0.15, 0.2) is 12.2 Å². The molecule has 2 amide bonds. The molecule has 0 unspecified atom stereocenters. The number of hydrogen-bond donors (Lipinski definition) is 5. The minimum absolute atomic E-state index is 0.0907. The van der Waals surface area contributed by atoms with Crippen molar-refractivity contribution in [3.8, 4) is 12.3 Å². The van der Waals surface area contributed by atoms with Crippen LogP contribution in [0.2, 0.25) is 0 Å². The first-order chi connectivity index (χ1) is 18.1. The number of nitrogens with zero attached hydrogens (tertiary/aromatic N) is 1. The number of likely N-dealkylation sites (tertiary alicyclic amines) is 1. The van der Waals surface area contributed by atoms with Gasteiger partial charge in [0.25, 0.3) is 0 Å². The van der Waals surface area contributed by atoms with E-state index in [0.29, 0.717) is 24.9 Å². The molecule has 0 spiro atoms. The van der Waals surface area contributed by atoms with E-state index in [9.17, 15) is 30.0 Å². The lowest BCUT2D eigenvalue weighted by Gasteiger charge is -2.44. The summed E-state index contributed by atoms with van der Waals surface area (Å²) in [6.07, 6.45) is 5.65. The van der Waals surface area contributed by atoms with E-state index in [4.69, 9.17) is 15.9 Å². The summed E-state index contributed by atoms with van der Waals surface area (Å²) in [5.41, 5.74) is -0.903. The molecule has 3 saturated heterocycles. The zero-order chi connectivity index (χ0) is 27.6. The number of carbonyl (C=O) groups excluding carboxylic acids is 1. The minimum atomic E-state index is -1.50.